The van der Waals surface area contributed by atoms with Gasteiger partial charge in [-0.05, 0) is 12.1 Å². The van der Waals surface area contributed by atoms with E-state index in [1.807, 2.05) is 36.4 Å². The molecule has 156 valence electrons. The summed E-state index contributed by atoms with van der Waals surface area (Å²) in [5.74, 6) is -1.87. The van der Waals surface area contributed by atoms with Gasteiger partial charge < -0.3 is 10.4 Å². The van der Waals surface area contributed by atoms with Crippen molar-refractivity contribution in [1.82, 2.24) is 15.2 Å². The van der Waals surface area contributed by atoms with Gasteiger partial charge in [-0.15, -0.1) is 11.8 Å². The van der Waals surface area contributed by atoms with E-state index in [0.717, 1.165) is 16.2 Å². The molecule has 8 nitrogen and oxygen atoms in total. The summed E-state index contributed by atoms with van der Waals surface area (Å²) in [7, 11) is 0. The first kappa shape index (κ1) is 21.0. The standard InChI is InChI=1S/C21H16N4O4S2/c22-9-8-15(26)24-17-19(27)25-18(21(28)29)14(11-30-20(17)25)31-13-7-4-10-23-16(13)12-5-2-1-3-6-12/h1-7,10,17,20H,8,11H2,(H,24,26)(H,28,29)/t17-,20-/m1/s1. The lowest BCUT2D eigenvalue weighted by molar-refractivity contribution is -0.150. The number of rotatable bonds is 6. The molecule has 1 aromatic carbocycles. The molecule has 0 aliphatic carbocycles. The number of carbonyl (C=O) groups is 3. The molecule has 1 fully saturated rings. The van der Waals surface area contributed by atoms with Gasteiger partial charge in [0, 0.05) is 27.3 Å². The fourth-order valence-electron chi connectivity index (χ4n) is 3.38. The minimum absolute atomic E-state index is 0.0765. The summed E-state index contributed by atoms with van der Waals surface area (Å²) in [5, 5.41) is 20.5. The predicted octanol–water partition coefficient (Wildman–Crippen LogP) is 2.45. The highest BCUT2D eigenvalue weighted by molar-refractivity contribution is 8.06. The fourth-order valence-corrected chi connectivity index (χ4v) is 5.98. The largest absolute Gasteiger partial charge is 0.477 e. The van der Waals surface area contributed by atoms with Crippen molar-refractivity contribution in [2.24, 2.45) is 0 Å². The molecule has 0 unspecified atom stereocenters. The van der Waals surface area contributed by atoms with E-state index in [2.05, 4.69) is 10.3 Å². The zero-order valence-electron chi connectivity index (χ0n) is 16.0. The van der Waals surface area contributed by atoms with Gasteiger partial charge in [-0.25, -0.2) is 4.79 Å². The summed E-state index contributed by atoms with van der Waals surface area (Å²) in [6.07, 6.45) is 1.32. The number of aliphatic carboxylic acids is 1. The minimum Gasteiger partial charge on any atom is -0.477 e. The molecule has 0 radical (unpaired) electrons. The van der Waals surface area contributed by atoms with Crippen LogP contribution in [0.4, 0.5) is 0 Å². The van der Waals surface area contributed by atoms with Crippen molar-refractivity contribution in [3.05, 3.63) is 59.3 Å². The minimum atomic E-state index is -1.20. The first-order valence-electron chi connectivity index (χ1n) is 9.27. The van der Waals surface area contributed by atoms with Crippen molar-refractivity contribution in [2.45, 2.75) is 22.7 Å². The number of carboxylic acid groups (broad SMARTS) is 1. The number of benzene rings is 1. The Morgan fingerprint density at radius 1 is 1.29 bits per heavy atom. The van der Waals surface area contributed by atoms with Crippen LogP contribution in [0.3, 0.4) is 0 Å². The number of nitrogens with one attached hydrogen (secondary N) is 1. The molecule has 1 saturated heterocycles. The average Bonchev–Trinajstić information content (AvgIpc) is 2.78. The topological polar surface area (TPSA) is 123 Å². The maximum atomic E-state index is 12.6. The van der Waals surface area contributed by atoms with Crippen LogP contribution in [0.25, 0.3) is 11.3 Å². The Kier molecular flexibility index (Phi) is 5.97. The summed E-state index contributed by atoms with van der Waals surface area (Å²) in [4.78, 5) is 43.4. The molecule has 2 atom stereocenters. The molecule has 2 aliphatic rings. The highest BCUT2D eigenvalue weighted by atomic mass is 32.2. The Balaban J connectivity index is 1.63. The molecular formula is C21H16N4O4S2. The van der Waals surface area contributed by atoms with E-state index in [0.29, 0.717) is 10.7 Å². The lowest BCUT2D eigenvalue weighted by Crippen LogP contribution is -2.70. The maximum absolute atomic E-state index is 12.6. The van der Waals surface area contributed by atoms with Crippen LogP contribution in [0.1, 0.15) is 6.42 Å². The number of hydrogen-bond donors (Lipinski definition) is 2. The third-order valence-corrected chi connectivity index (χ3v) is 7.34. The van der Waals surface area contributed by atoms with Crippen molar-refractivity contribution in [3.8, 4) is 17.3 Å². The molecular weight excluding hydrogens is 436 g/mol. The second-order valence-corrected chi connectivity index (χ2v) is 8.93. The monoisotopic (exact) mass is 452 g/mol. The third-order valence-electron chi connectivity index (χ3n) is 4.74. The number of amides is 2. The number of thioether (sulfide) groups is 2. The lowest BCUT2D eigenvalue weighted by Gasteiger charge is -2.49. The van der Waals surface area contributed by atoms with E-state index >= 15 is 0 Å². The average molecular weight is 453 g/mol. The Labute approximate surface area is 186 Å². The number of fused-ring (bicyclic) bond motifs is 1. The Hall–Kier alpha value is -3.29. The van der Waals surface area contributed by atoms with Crippen molar-refractivity contribution in [1.29, 1.82) is 5.26 Å². The van der Waals surface area contributed by atoms with Crippen LogP contribution in [0.15, 0.2) is 64.2 Å². The van der Waals surface area contributed by atoms with Gasteiger partial charge in [0.15, 0.2) is 0 Å². The SMILES string of the molecule is N#CCC(=O)N[C@@H]1C(=O)N2C(C(=O)O)=C(Sc3cccnc3-c3ccccc3)CS[C@H]12. The molecule has 31 heavy (non-hydrogen) atoms. The number of aromatic nitrogens is 1. The fraction of sp³-hybridized carbons (Fsp3) is 0.190. The van der Waals surface area contributed by atoms with Crippen molar-refractivity contribution in [2.75, 3.05) is 5.75 Å². The van der Waals surface area contributed by atoms with Crippen molar-refractivity contribution in [3.63, 3.8) is 0 Å². The first-order chi connectivity index (χ1) is 15.0. The smallest absolute Gasteiger partial charge is 0.353 e. The number of pyridine rings is 1. The van der Waals surface area contributed by atoms with Crippen LogP contribution >= 0.6 is 23.5 Å². The second-order valence-electron chi connectivity index (χ2n) is 6.69. The van der Waals surface area contributed by atoms with E-state index < -0.39 is 29.2 Å². The van der Waals surface area contributed by atoms with Gasteiger partial charge in [-0.3, -0.25) is 19.5 Å². The van der Waals surface area contributed by atoms with Crippen LogP contribution in [-0.4, -0.2) is 49.9 Å². The second kappa shape index (κ2) is 8.83. The van der Waals surface area contributed by atoms with E-state index in [9.17, 15) is 19.5 Å². The predicted molar refractivity (Wildman–Crippen MR) is 115 cm³/mol. The van der Waals surface area contributed by atoms with E-state index in [-0.39, 0.29) is 12.1 Å². The first-order valence-corrected chi connectivity index (χ1v) is 11.1. The van der Waals surface area contributed by atoms with Crippen LogP contribution in [0.5, 0.6) is 0 Å². The summed E-state index contributed by atoms with van der Waals surface area (Å²) in [5.41, 5.74) is 1.56. The molecule has 2 aliphatic heterocycles. The third kappa shape index (κ3) is 4.02. The zero-order valence-corrected chi connectivity index (χ0v) is 17.7. The van der Waals surface area contributed by atoms with Crippen LogP contribution < -0.4 is 5.32 Å². The summed E-state index contributed by atoms with van der Waals surface area (Å²) in [6.45, 7) is 0. The van der Waals surface area contributed by atoms with Crippen LogP contribution in [-0.2, 0) is 14.4 Å². The van der Waals surface area contributed by atoms with Gasteiger partial charge in [0.25, 0.3) is 5.91 Å². The van der Waals surface area contributed by atoms with Gasteiger partial charge in [-0.2, -0.15) is 5.26 Å². The van der Waals surface area contributed by atoms with Crippen molar-refractivity contribution >= 4 is 41.3 Å². The van der Waals surface area contributed by atoms with Crippen LogP contribution in [0.2, 0.25) is 0 Å². The van der Waals surface area contributed by atoms with Crippen molar-refractivity contribution < 1.29 is 19.5 Å². The molecule has 0 bridgehead atoms. The molecule has 10 heteroatoms. The molecule has 2 N–H and O–H groups in total. The van der Waals surface area contributed by atoms with E-state index in [4.69, 9.17) is 5.26 Å². The Morgan fingerprint density at radius 2 is 2.06 bits per heavy atom. The number of nitriles is 1. The summed E-state index contributed by atoms with van der Waals surface area (Å²) in [6, 6.07) is 14.1. The highest BCUT2D eigenvalue weighted by Crippen LogP contribution is 2.46. The molecule has 2 aromatic rings. The number of nitrogens with zero attached hydrogens (tertiary/aromatic N) is 3. The Morgan fingerprint density at radius 3 is 2.77 bits per heavy atom. The van der Waals surface area contributed by atoms with Crippen LogP contribution in [0, 0.1) is 11.3 Å². The maximum Gasteiger partial charge on any atom is 0.353 e. The van der Waals surface area contributed by atoms with Gasteiger partial charge in [0.1, 0.15) is 23.5 Å². The van der Waals surface area contributed by atoms with Gasteiger partial charge in [-0.1, -0.05) is 42.1 Å². The number of β-lactam (4-membered cyclic amide) rings is 1. The molecule has 0 saturated carbocycles. The molecule has 2 amide bonds. The normalized spacial score (nSPS) is 19.8. The zero-order chi connectivity index (χ0) is 22.0. The molecule has 0 spiro atoms. The molecule has 1 aromatic heterocycles. The van der Waals surface area contributed by atoms with Gasteiger partial charge >= 0.3 is 5.97 Å². The summed E-state index contributed by atoms with van der Waals surface area (Å²) < 4.78 is 0. The number of carboxylic acids is 1. The Bertz CT molecular complexity index is 1130. The van der Waals surface area contributed by atoms with E-state index in [1.54, 1.807) is 18.3 Å². The number of hydrogen-bond acceptors (Lipinski definition) is 7. The summed E-state index contributed by atoms with van der Waals surface area (Å²) >= 11 is 2.66. The lowest BCUT2D eigenvalue weighted by atomic mass is 10.0. The molecule has 4 rings (SSSR count). The van der Waals surface area contributed by atoms with Gasteiger partial charge in [0.05, 0.1) is 11.8 Å². The van der Waals surface area contributed by atoms with Gasteiger partial charge in [0.2, 0.25) is 5.91 Å². The highest BCUT2D eigenvalue weighted by Gasteiger charge is 2.54. The van der Waals surface area contributed by atoms with E-state index in [1.165, 1.54) is 28.4 Å². The quantitative estimate of drug-likeness (QED) is 0.641. The number of carbonyl (C=O) groups excluding carboxylic acids is 2. The molecule has 3 heterocycles.